The zero-order valence-electron chi connectivity index (χ0n) is 29.6. The topological polar surface area (TPSA) is 64.3 Å². The Balaban J connectivity index is 1.14. The van der Waals surface area contributed by atoms with Crippen LogP contribution in [-0.2, 0) is 0 Å². The highest BCUT2D eigenvalue weighted by Gasteiger charge is 2.23. The Kier molecular flexibility index (Phi) is 6.10. The monoisotopic (exact) mass is 714 g/mol. The number of fused-ring (bicyclic) bond motifs is 14. The highest BCUT2D eigenvalue weighted by molar-refractivity contribution is 6.23. The van der Waals surface area contributed by atoms with E-state index in [9.17, 15) is 5.26 Å². The van der Waals surface area contributed by atoms with Crippen LogP contribution in [0.5, 0.6) is 0 Å². The second-order valence-electron chi connectivity index (χ2n) is 14.3. The van der Waals surface area contributed by atoms with Gasteiger partial charge in [0.1, 0.15) is 11.2 Å². The molecular formula is C50H26N4O2. The van der Waals surface area contributed by atoms with Gasteiger partial charge in [0.25, 0.3) is 0 Å². The van der Waals surface area contributed by atoms with E-state index in [2.05, 4.69) is 98.9 Å². The molecule has 0 aliphatic carbocycles. The van der Waals surface area contributed by atoms with Gasteiger partial charge in [0, 0.05) is 48.8 Å². The third-order valence-electron chi connectivity index (χ3n) is 11.3. The molecule has 0 spiro atoms. The number of aromatic nitrogens is 2. The molecule has 6 nitrogen and oxygen atoms in total. The summed E-state index contributed by atoms with van der Waals surface area (Å²) in [6.07, 6.45) is 0. The van der Waals surface area contributed by atoms with Crippen LogP contribution in [0.1, 0.15) is 5.56 Å². The van der Waals surface area contributed by atoms with Gasteiger partial charge in [0.15, 0.2) is 11.2 Å². The van der Waals surface area contributed by atoms with Crippen LogP contribution in [0.15, 0.2) is 167 Å². The molecule has 0 aliphatic rings. The second-order valence-corrected chi connectivity index (χ2v) is 14.3. The van der Waals surface area contributed by atoms with Gasteiger partial charge in [-0.25, -0.2) is 4.85 Å². The van der Waals surface area contributed by atoms with E-state index in [0.29, 0.717) is 11.3 Å². The van der Waals surface area contributed by atoms with Gasteiger partial charge in [-0.1, -0.05) is 97.1 Å². The molecule has 4 heterocycles. The molecule has 0 aliphatic heterocycles. The minimum Gasteiger partial charge on any atom is -0.454 e. The molecule has 12 aromatic rings. The largest absolute Gasteiger partial charge is 0.454 e. The number of hydrogen-bond acceptors (Lipinski definition) is 3. The summed E-state index contributed by atoms with van der Waals surface area (Å²) in [7, 11) is 0. The van der Waals surface area contributed by atoms with Crippen molar-refractivity contribution < 1.29 is 8.83 Å². The maximum absolute atomic E-state index is 10.5. The van der Waals surface area contributed by atoms with Gasteiger partial charge in [0.2, 0.25) is 5.69 Å². The van der Waals surface area contributed by atoms with Crippen LogP contribution in [0.2, 0.25) is 0 Å². The Labute approximate surface area is 318 Å². The SMILES string of the molecule is [C-]#[N+]c1ccc(-c2cc(C#N)cc(-n3c4ccccc4c4ccc5c6ccccc6oc5c43)c2)cc1-n1c2ccccc2c2ccc3c4ccccc4oc3c21. The third-order valence-corrected chi connectivity index (χ3v) is 11.3. The van der Waals surface area contributed by atoms with Crippen LogP contribution in [-0.4, -0.2) is 9.13 Å². The summed E-state index contributed by atoms with van der Waals surface area (Å²) in [6, 6.07) is 55.8. The molecule has 0 amide bonds. The number of furan rings is 2. The highest BCUT2D eigenvalue weighted by atomic mass is 16.3. The minimum atomic E-state index is 0.510. The first-order valence-corrected chi connectivity index (χ1v) is 18.4. The molecule has 6 heteroatoms. The van der Waals surface area contributed by atoms with Crippen molar-refractivity contribution in [3.63, 3.8) is 0 Å². The molecule has 12 rings (SSSR count). The molecule has 0 saturated carbocycles. The zero-order chi connectivity index (χ0) is 37.1. The van der Waals surface area contributed by atoms with Crippen molar-refractivity contribution in [3.05, 3.63) is 175 Å². The molecule has 258 valence electrons. The van der Waals surface area contributed by atoms with Gasteiger partial charge in [-0.05, 0) is 71.8 Å². The maximum Gasteiger partial charge on any atom is 0.210 e. The molecule has 0 saturated heterocycles. The second kappa shape index (κ2) is 11.2. The average molecular weight is 715 g/mol. The lowest BCUT2D eigenvalue weighted by Crippen LogP contribution is -1.98. The normalized spacial score (nSPS) is 11.9. The highest BCUT2D eigenvalue weighted by Crippen LogP contribution is 2.44. The molecular weight excluding hydrogens is 689 g/mol. The van der Waals surface area contributed by atoms with Crippen molar-refractivity contribution >= 4 is 93.2 Å². The molecule has 0 bridgehead atoms. The van der Waals surface area contributed by atoms with Crippen LogP contribution >= 0.6 is 0 Å². The number of benzene rings is 8. The summed E-state index contributed by atoms with van der Waals surface area (Å²) in [4.78, 5) is 4.04. The standard InChI is InChI=1S/C50H26N4O2/c1-52-41-23-18-30(27-44(41)54-43-15-7-3-11-34(43)38-20-22-40-36-13-5-9-17-46(36)56-50(40)48(38)54)31-24-29(28-51)25-32(26-31)53-42-14-6-2-10-33(42)37-19-21-39-35-12-4-8-16-45(35)55-49(39)47(37)53/h2-27H. The Morgan fingerprint density at radius 3 is 1.62 bits per heavy atom. The van der Waals surface area contributed by atoms with Gasteiger partial charge in [0.05, 0.1) is 46.0 Å². The molecule has 0 atom stereocenters. The molecule has 0 fully saturated rings. The third kappa shape index (κ3) is 4.07. The fourth-order valence-electron chi connectivity index (χ4n) is 8.93. The van der Waals surface area contributed by atoms with Gasteiger partial charge in [-0.3, -0.25) is 0 Å². The van der Waals surface area contributed by atoms with Gasteiger partial charge < -0.3 is 18.0 Å². The molecule has 4 aromatic heterocycles. The molecule has 56 heavy (non-hydrogen) atoms. The van der Waals surface area contributed by atoms with Gasteiger partial charge in [-0.15, -0.1) is 0 Å². The summed E-state index contributed by atoms with van der Waals surface area (Å²) in [5, 5.41) is 18.9. The van der Waals surface area contributed by atoms with Crippen LogP contribution in [0.4, 0.5) is 5.69 Å². The first kappa shape index (κ1) is 30.4. The molecule has 0 N–H and O–H groups in total. The number of nitriles is 1. The van der Waals surface area contributed by atoms with E-state index in [4.69, 9.17) is 15.4 Å². The van der Waals surface area contributed by atoms with E-state index < -0.39 is 0 Å². The average Bonchev–Trinajstić information content (AvgIpc) is 4.01. The number of rotatable bonds is 3. The first-order valence-electron chi connectivity index (χ1n) is 18.4. The lowest BCUT2D eigenvalue weighted by atomic mass is 10.0. The minimum absolute atomic E-state index is 0.510. The summed E-state index contributed by atoms with van der Waals surface area (Å²) in [6.45, 7) is 8.31. The van der Waals surface area contributed by atoms with Gasteiger partial charge in [-0.2, -0.15) is 5.26 Å². The summed E-state index contributed by atoms with van der Waals surface area (Å²) in [5.74, 6) is 0. The predicted octanol–water partition coefficient (Wildman–Crippen LogP) is 13.8. The van der Waals surface area contributed by atoms with Crippen molar-refractivity contribution in [2.45, 2.75) is 0 Å². The van der Waals surface area contributed by atoms with Gasteiger partial charge >= 0.3 is 0 Å². The fraction of sp³-hybridized carbons (Fsp3) is 0. The van der Waals surface area contributed by atoms with E-state index in [1.807, 2.05) is 78.9 Å². The van der Waals surface area contributed by atoms with Crippen LogP contribution < -0.4 is 0 Å². The molecule has 0 unspecified atom stereocenters. The summed E-state index contributed by atoms with van der Waals surface area (Å²) < 4.78 is 17.6. The maximum atomic E-state index is 10.5. The Morgan fingerprint density at radius 2 is 1.02 bits per heavy atom. The number of hydrogen-bond donors (Lipinski definition) is 0. The van der Waals surface area contributed by atoms with E-state index in [1.165, 1.54) is 0 Å². The van der Waals surface area contributed by atoms with E-state index in [-0.39, 0.29) is 0 Å². The van der Waals surface area contributed by atoms with Crippen molar-refractivity contribution in [2.24, 2.45) is 0 Å². The Morgan fingerprint density at radius 1 is 0.482 bits per heavy atom. The summed E-state index contributed by atoms with van der Waals surface area (Å²) >= 11 is 0. The van der Waals surface area contributed by atoms with Crippen molar-refractivity contribution in [1.82, 2.24) is 9.13 Å². The molecule has 0 radical (unpaired) electrons. The lowest BCUT2D eigenvalue weighted by molar-refractivity contribution is 0.670. The smallest absolute Gasteiger partial charge is 0.210 e. The number of nitrogens with zero attached hydrogens (tertiary/aromatic N) is 4. The van der Waals surface area contributed by atoms with Crippen LogP contribution in [0.25, 0.3) is 115 Å². The van der Waals surface area contributed by atoms with Crippen molar-refractivity contribution in [1.29, 1.82) is 5.26 Å². The van der Waals surface area contributed by atoms with E-state index >= 15 is 0 Å². The van der Waals surface area contributed by atoms with Crippen molar-refractivity contribution in [3.8, 4) is 28.6 Å². The zero-order valence-corrected chi connectivity index (χ0v) is 29.6. The number of para-hydroxylation sites is 4. The van der Waals surface area contributed by atoms with Crippen molar-refractivity contribution in [2.75, 3.05) is 0 Å². The first-order chi connectivity index (χ1) is 27.7. The Hall–Kier alpha value is -8.06. The predicted molar refractivity (Wildman–Crippen MR) is 226 cm³/mol. The Bertz CT molecular complexity index is 3750. The fourth-order valence-corrected chi connectivity index (χ4v) is 8.93. The lowest BCUT2D eigenvalue weighted by Gasteiger charge is -2.15. The van der Waals surface area contributed by atoms with E-state index in [1.54, 1.807) is 0 Å². The van der Waals surface area contributed by atoms with Crippen LogP contribution in [0.3, 0.4) is 0 Å². The quantitative estimate of drug-likeness (QED) is 0.171. The molecule has 8 aromatic carbocycles. The van der Waals surface area contributed by atoms with E-state index in [0.717, 1.165) is 110 Å². The van der Waals surface area contributed by atoms with Crippen LogP contribution in [0, 0.1) is 17.9 Å². The summed E-state index contributed by atoms with van der Waals surface area (Å²) in [5.41, 5.74) is 11.4.